The molecule has 0 saturated carbocycles. The first-order valence-electron chi connectivity index (χ1n) is 6.22. The number of carboxylic acid groups (broad SMARTS) is 1. The van der Waals surface area contributed by atoms with Gasteiger partial charge in [0, 0.05) is 17.7 Å². The third-order valence-corrected chi connectivity index (χ3v) is 2.81. The first-order valence-corrected chi connectivity index (χ1v) is 6.22. The second-order valence-electron chi connectivity index (χ2n) is 5.44. The molecule has 0 radical (unpaired) electrons. The number of rotatable bonds is 3. The monoisotopic (exact) mass is 272 g/mol. The molecule has 0 aliphatic heterocycles. The van der Waals surface area contributed by atoms with Gasteiger partial charge in [0.1, 0.15) is 0 Å². The highest BCUT2D eigenvalue weighted by molar-refractivity contribution is 5.84. The summed E-state index contributed by atoms with van der Waals surface area (Å²) >= 11 is 0. The molecule has 5 heteroatoms. The van der Waals surface area contributed by atoms with Crippen molar-refractivity contribution in [1.29, 1.82) is 0 Å². The molecule has 20 heavy (non-hydrogen) atoms. The molecule has 1 heterocycles. The van der Waals surface area contributed by atoms with E-state index in [2.05, 4.69) is 31.0 Å². The summed E-state index contributed by atoms with van der Waals surface area (Å²) in [6, 6.07) is 7.87. The van der Waals surface area contributed by atoms with Gasteiger partial charge in [-0.2, -0.15) is 0 Å². The predicted octanol–water partition coefficient (Wildman–Crippen LogP) is 3.13. The number of aromatic nitrogens is 2. The summed E-state index contributed by atoms with van der Waals surface area (Å²) in [6.07, 6.45) is 2.22. The van der Waals surface area contributed by atoms with Gasteiger partial charge in [-0.3, -0.25) is 0 Å². The molecule has 0 amide bonds. The van der Waals surface area contributed by atoms with E-state index < -0.39 is 5.97 Å². The van der Waals surface area contributed by atoms with E-state index in [0.29, 0.717) is 5.89 Å². The molecule has 0 unspecified atom stereocenters. The Labute approximate surface area is 117 Å². The second-order valence-corrected chi connectivity index (χ2v) is 5.44. The van der Waals surface area contributed by atoms with Crippen LogP contribution in [0.25, 0.3) is 17.5 Å². The van der Waals surface area contributed by atoms with E-state index in [1.54, 1.807) is 0 Å². The zero-order chi connectivity index (χ0) is 14.8. The summed E-state index contributed by atoms with van der Waals surface area (Å²) < 4.78 is 5.37. The Kier molecular flexibility index (Phi) is 3.70. The lowest BCUT2D eigenvalue weighted by Gasteiger charge is -2.18. The van der Waals surface area contributed by atoms with Crippen molar-refractivity contribution in [3.63, 3.8) is 0 Å². The van der Waals surface area contributed by atoms with Gasteiger partial charge >= 0.3 is 5.97 Å². The summed E-state index contributed by atoms with van der Waals surface area (Å²) in [5.41, 5.74) is 2.11. The molecular weight excluding hydrogens is 256 g/mol. The van der Waals surface area contributed by atoms with E-state index in [1.807, 2.05) is 24.3 Å². The lowest BCUT2D eigenvalue weighted by atomic mass is 9.87. The van der Waals surface area contributed by atoms with Crippen LogP contribution in [0.3, 0.4) is 0 Å². The summed E-state index contributed by atoms with van der Waals surface area (Å²) in [6.45, 7) is 6.43. The first kappa shape index (κ1) is 14.0. The molecular formula is C15H16N2O3. The number of hydrogen-bond acceptors (Lipinski definition) is 4. The standard InChI is InChI=1S/C15H16N2O3/c1-15(2,3)11-6-4-10(5-7-11)14-17-16-12(20-14)8-9-13(18)19/h4-9H,1-3H3,(H,18,19)/b9-8+. The molecule has 0 aliphatic rings. The summed E-state index contributed by atoms with van der Waals surface area (Å²) in [7, 11) is 0. The van der Waals surface area contributed by atoms with Gasteiger partial charge in [0.25, 0.3) is 0 Å². The lowest BCUT2D eigenvalue weighted by molar-refractivity contribution is -0.131. The Morgan fingerprint density at radius 1 is 1.20 bits per heavy atom. The van der Waals surface area contributed by atoms with Crippen LogP contribution in [-0.4, -0.2) is 21.3 Å². The number of benzene rings is 1. The smallest absolute Gasteiger partial charge is 0.328 e. The first-order chi connectivity index (χ1) is 9.36. The maximum atomic E-state index is 10.4. The number of hydrogen-bond donors (Lipinski definition) is 1. The van der Waals surface area contributed by atoms with Gasteiger partial charge in [0.15, 0.2) is 0 Å². The van der Waals surface area contributed by atoms with E-state index in [4.69, 9.17) is 9.52 Å². The quantitative estimate of drug-likeness (QED) is 0.869. The number of aliphatic carboxylic acids is 1. The average molecular weight is 272 g/mol. The molecule has 0 fully saturated rings. The van der Waals surface area contributed by atoms with Crippen molar-refractivity contribution >= 4 is 12.0 Å². The lowest BCUT2D eigenvalue weighted by Crippen LogP contribution is -2.10. The SMILES string of the molecule is CC(C)(C)c1ccc(-c2nnc(/C=C/C(=O)O)o2)cc1. The van der Waals surface area contributed by atoms with Gasteiger partial charge in [-0.15, -0.1) is 10.2 Å². The highest BCUT2D eigenvalue weighted by Gasteiger charge is 2.14. The Morgan fingerprint density at radius 3 is 2.40 bits per heavy atom. The van der Waals surface area contributed by atoms with Crippen LogP contribution in [0.2, 0.25) is 0 Å². The van der Waals surface area contributed by atoms with Crippen molar-refractivity contribution < 1.29 is 14.3 Å². The van der Waals surface area contributed by atoms with E-state index in [1.165, 1.54) is 11.6 Å². The molecule has 0 spiro atoms. The maximum Gasteiger partial charge on any atom is 0.328 e. The number of carbonyl (C=O) groups is 1. The Hall–Kier alpha value is -2.43. The van der Waals surface area contributed by atoms with Crippen LogP contribution in [0.1, 0.15) is 32.2 Å². The van der Waals surface area contributed by atoms with Gasteiger partial charge in [0.2, 0.25) is 11.8 Å². The van der Waals surface area contributed by atoms with Gasteiger partial charge in [0.05, 0.1) is 0 Å². The highest BCUT2D eigenvalue weighted by Crippen LogP contribution is 2.25. The molecule has 1 N–H and O–H groups in total. The molecule has 1 aromatic carbocycles. The number of carboxylic acids is 1. The van der Waals surface area contributed by atoms with Crippen molar-refractivity contribution in [3.05, 3.63) is 41.8 Å². The molecule has 0 bridgehead atoms. The average Bonchev–Trinajstić information content (AvgIpc) is 2.84. The summed E-state index contributed by atoms with van der Waals surface area (Å²) in [5, 5.41) is 16.2. The van der Waals surface area contributed by atoms with Crippen molar-refractivity contribution in [2.45, 2.75) is 26.2 Å². The normalized spacial score (nSPS) is 11.9. The molecule has 5 nitrogen and oxygen atoms in total. The zero-order valence-corrected chi connectivity index (χ0v) is 11.6. The summed E-state index contributed by atoms with van der Waals surface area (Å²) in [5.74, 6) is -0.517. The molecule has 0 atom stereocenters. The fourth-order valence-electron chi connectivity index (χ4n) is 1.67. The topological polar surface area (TPSA) is 76.2 Å². The van der Waals surface area contributed by atoms with Crippen LogP contribution >= 0.6 is 0 Å². The van der Waals surface area contributed by atoms with Crippen LogP contribution in [0, 0.1) is 0 Å². The molecule has 0 aliphatic carbocycles. The van der Waals surface area contributed by atoms with Gasteiger partial charge in [-0.25, -0.2) is 4.79 Å². The Bertz CT molecular complexity index is 634. The van der Waals surface area contributed by atoms with Gasteiger partial charge in [-0.1, -0.05) is 32.9 Å². The van der Waals surface area contributed by atoms with Crippen LogP contribution < -0.4 is 0 Å². The molecule has 2 rings (SSSR count). The van der Waals surface area contributed by atoms with Gasteiger partial charge in [-0.05, 0) is 23.1 Å². The third kappa shape index (κ3) is 3.32. The number of nitrogens with zero attached hydrogens (tertiary/aromatic N) is 2. The van der Waals surface area contributed by atoms with Crippen LogP contribution in [-0.2, 0) is 10.2 Å². The minimum atomic E-state index is -1.06. The third-order valence-electron chi connectivity index (χ3n) is 2.81. The molecule has 1 aromatic heterocycles. The van der Waals surface area contributed by atoms with E-state index in [0.717, 1.165) is 11.6 Å². The maximum absolute atomic E-state index is 10.4. The largest absolute Gasteiger partial charge is 0.478 e. The van der Waals surface area contributed by atoms with E-state index in [-0.39, 0.29) is 11.3 Å². The minimum absolute atomic E-state index is 0.0861. The van der Waals surface area contributed by atoms with Crippen molar-refractivity contribution in [2.24, 2.45) is 0 Å². The summed E-state index contributed by atoms with van der Waals surface area (Å²) in [4.78, 5) is 10.4. The van der Waals surface area contributed by atoms with Crippen molar-refractivity contribution in [2.75, 3.05) is 0 Å². The molecule has 0 saturated heterocycles. The fraction of sp³-hybridized carbons (Fsp3) is 0.267. The predicted molar refractivity (Wildman–Crippen MR) is 75.1 cm³/mol. The highest BCUT2D eigenvalue weighted by atomic mass is 16.4. The van der Waals surface area contributed by atoms with Gasteiger partial charge < -0.3 is 9.52 Å². The second kappa shape index (κ2) is 5.28. The zero-order valence-electron chi connectivity index (χ0n) is 11.6. The molecule has 2 aromatic rings. The van der Waals surface area contributed by atoms with Crippen LogP contribution in [0.5, 0.6) is 0 Å². The van der Waals surface area contributed by atoms with Crippen LogP contribution in [0.4, 0.5) is 0 Å². The van der Waals surface area contributed by atoms with Crippen molar-refractivity contribution in [3.8, 4) is 11.5 Å². The van der Waals surface area contributed by atoms with E-state index in [9.17, 15) is 4.79 Å². The van der Waals surface area contributed by atoms with Crippen LogP contribution in [0.15, 0.2) is 34.8 Å². The fourth-order valence-corrected chi connectivity index (χ4v) is 1.67. The van der Waals surface area contributed by atoms with E-state index >= 15 is 0 Å². The van der Waals surface area contributed by atoms with Crippen molar-refractivity contribution in [1.82, 2.24) is 10.2 Å². The molecule has 104 valence electrons. The minimum Gasteiger partial charge on any atom is -0.478 e. The Morgan fingerprint density at radius 2 is 1.85 bits per heavy atom. The Balaban J connectivity index is 2.22.